The summed E-state index contributed by atoms with van der Waals surface area (Å²) >= 11 is 0. The quantitative estimate of drug-likeness (QED) is 0.627. The van der Waals surface area contributed by atoms with Crippen molar-refractivity contribution in [2.75, 3.05) is 0 Å². The maximum absolute atomic E-state index is 11.6. The lowest BCUT2D eigenvalue weighted by Gasteiger charge is -2.05. The average molecular weight is 186 g/mol. The molecule has 0 atom stereocenters. The Bertz CT molecular complexity index is 321. The lowest BCUT2D eigenvalue weighted by molar-refractivity contribution is -0.138. The third-order valence-corrected chi connectivity index (χ3v) is 2.34. The zero-order valence-electron chi connectivity index (χ0n) is 7.59. The molecule has 0 unspecified atom stereocenters. The summed E-state index contributed by atoms with van der Waals surface area (Å²) in [7, 11) is 0. The van der Waals surface area contributed by atoms with E-state index in [-0.39, 0.29) is 23.4 Å². The molecule has 0 radical (unpaired) electrons. The molecule has 0 aromatic carbocycles. The molecule has 2 aliphatic rings. The zero-order valence-corrected chi connectivity index (χ0v) is 7.59. The first-order valence-corrected chi connectivity index (χ1v) is 4.57. The Morgan fingerprint density at radius 1 is 0.643 bits per heavy atom. The summed E-state index contributed by atoms with van der Waals surface area (Å²) in [5.41, 5.74) is 0. The van der Waals surface area contributed by atoms with Crippen molar-refractivity contribution in [1.29, 1.82) is 0 Å². The molecule has 0 amide bonds. The standard InChI is InChI=1S/C12H10O2/c13-11(9-5-1-2-6-9)12(14)10-7-3-4-8-10/h1-10H. The minimum atomic E-state index is -0.343. The number of Topliss-reactive ketones (excluding diaryl/α,β-unsaturated/α-hetero) is 2. The van der Waals surface area contributed by atoms with E-state index in [2.05, 4.69) is 0 Å². The second-order valence-electron chi connectivity index (χ2n) is 3.32. The molecule has 0 spiro atoms. The van der Waals surface area contributed by atoms with Crippen molar-refractivity contribution in [1.82, 2.24) is 0 Å². The van der Waals surface area contributed by atoms with E-state index < -0.39 is 0 Å². The molecule has 2 heteroatoms. The van der Waals surface area contributed by atoms with Gasteiger partial charge in [0.1, 0.15) is 0 Å². The van der Waals surface area contributed by atoms with E-state index >= 15 is 0 Å². The maximum atomic E-state index is 11.6. The van der Waals surface area contributed by atoms with Crippen LogP contribution in [0.2, 0.25) is 0 Å². The molecule has 0 aromatic rings. The van der Waals surface area contributed by atoms with Crippen LogP contribution in [-0.4, -0.2) is 11.6 Å². The Kier molecular flexibility index (Phi) is 2.27. The van der Waals surface area contributed by atoms with Gasteiger partial charge in [0.15, 0.2) is 0 Å². The summed E-state index contributed by atoms with van der Waals surface area (Å²) in [6.07, 6.45) is 14.1. The first-order valence-electron chi connectivity index (χ1n) is 4.57. The number of hydrogen-bond donors (Lipinski definition) is 0. The second kappa shape index (κ2) is 3.58. The molecule has 0 aromatic heterocycles. The summed E-state index contributed by atoms with van der Waals surface area (Å²) in [6, 6.07) is 0. The summed E-state index contributed by atoms with van der Waals surface area (Å²) in [5.74, 6) is -1.33. The maximum Gasteiger partial charge on any atom is 0.209 e. The molecule has 2 nitrogen and oxygen atoms in total. The van der Waals surface area contributed by atoms with E-state index in [0.717, 1.165) is 0 Å². The van der Waals surface area contributed by atoms with Crippen LogP contribution in [0.25, 0.3) is 0 Å². The molecule has 0 saturated carbocycles. The Balaban J connectivity index is 2.08. The highest BCUT2D eigenvalue weighted by Gasteiger charge is 2.27. The van der Waals surface area contributed by atoms with Gasteiger partial charge in [0, 0.05) is 0 Å². The van der Waals surface area contributed by atoms with Gasteiger partial charge in [-0.15, -0.1) is 0 Å². The molecular weight excluding hydrogens is 176 g/mol. The minimum absolute atomic E-state index is 0.323. The molecule has 0 N–H and O–H groups in total. The van der Waals surface area contributed by atoms with Gasteiger partial charge in [-0.2, -0.15) is 0 Å². The smallest absolute Gasteiger partial charge is 0.209 e. The Morgan fingerprint density at radius 3 is 1.21 bits per heavy atom. The van der Waals surface area contributed by atoms with E-state index in [4.69, 9.17) is 0 Å². The Hall–Kier alpha value is -1.70. The van der Waals surface area contributed by atoms with E-state index in [1.54, 1.807) is 48.6 Å². The summed E-state index contributed by atoms with van der Waals surface area (Å²) in [5, 5.41) is 0. The predicted octanol–water partition coefficient (Wildman–Crippen LogP) is 1.61. The number of ketones is 2. The number of carbonyl (C=O) groups excluding carboxylic acids is 2. The van der Waals surface area contributed by atoms with Crippen LogP contribution in [0.5, 0.6) is 0 Å². The Morgan fingerprint density at radius 2 is 0.929 bits per heavy atom. The van der Waals surface area contributed by atoms with Crippen molar-refractivity contribution >= 4 is 11.6 Å². The molecule has 0 bridgehead atoms. The third kappa shape index (κ3) is 1.51. The highest BCUT2D eigenvalue weighted by atomic mass is 16.2. The fourth-order valence-electron chi connectivity index (χ4n) is 1.54. The fraction of sp³-hybridized carbons (Fsp3) is 0.167. The normalized spacial score (nSPS) is 19.7. The van der Waals surface area contributed by atoms with E-state index in [9.17, 15) is 9.59 Å². The monoisotopic (exact) mass is 186 g/mol. The third-order valence-electron chi connectivity index (χ3n) is 2.34. The number of allylic oxidation sites excluding steroid dienone is 8. The molecule has 70 valence electrons. The van der Waals surface area contributed by atoms with Crippen molar-refractivity contribution in [2.45, 2.75) is 0 Å². The van der Waals surface area contributed by atoms with Crippen molar-refractivity contribution < 1.29 is 9.59 Å². The van der Waals surface area contributed by atoms with Gasteiger partial charge in [-0.25, -0.2) is 0 Å². The second-order valence-corrected chi connectivity index (χ2v) is 3.32. The van der Waals surface area contributed by atoms with Gasteiger partial charge in [-0.3, -0.25) is 9.59 Å². The van der Waals surface area contributed by atoms with Crippen molar-refractivity contribution in [3.63, 3.8) is 0 Å². The van der Waals surface area contributed by atoms with E-state index in [1.807, 2.05) is 0 Å². The van der Waals surface area contributed by atoms with Gasteiger partial charge < -0.3 is 0 Å². The summed E-state index contributed by atoms with van der Waals surface area (Å²) < 4.78 is 0. The van der Waals surface area contributed by atoms with Gasteiger partial charge in [0.25, 0.3) is 0 Å². The van der Waals surface area contributed by atoms with Crippen LogP contribution in [0.15, 0.2) is 48.6 Å². The molecule has 0 saturated heterocycles. The van der Waals surface area contributed by atoms with Crippen molar-refractivity contribution in [3.05, 3.63) is 48.6 Å². The van der Waals surface area contributed by atoms with Crippen LogP contribution in [0.1, 0.15) is 0 Å². The van der Waals surface area contributed by atoms with Crippen LogP contribution in [0.3, 0.4) is 0 Å². The highest BCUT2D eigenvalue weighted by Crippen LogP contribution is 2.16. The lowest BCUT2D eigenvalue weighted by Crippen LogP contribution is -2.25. The van der Waals surface area contributed by atoms with Crippen LogP contribution in [0.4, 0.5) is 0 Å². The van der Waals surface area contributed by atoms with Gasteiger partial charge >= 0.3 is 0 Å². The van der Waals surface area contributed by atoms with Crippen molar-refractivity contribution in [2.24, 2.45) is 11.8 Å². The van der Waals surface area contributed by atoms with Gasteiger partial charge in [0.05, 0.1) is 11.8 Å². The first kappa shape index (κ1) is 8.88. The average Bonchev–Trinajstić information content (AvgIpc) is 2.87. The van der Waals surface area contributed by atoms with Gasteiger partial charge in [0.2, 0.25) is 11.6 Å². The van der Waals surface area contributed by atoms with Gasteiger partial charge in [-0.05, 0) is 0 Å². The van der Waals surface area contributed by atoms with Crippen LogP contribution >= 0.6 is 0 Å². The molecule has 14 heavy (non-hydrogen) atoms. The minimum Gasteiger partial charge on any atom is -0.290 e. The molecule has 2 aliphatic carbocycles. The highest BCUT2D eigenvalue weighted by molar-refractivity contribution is 6.40. The van der Waals surface area contributed by atoms with Crippen LogP contribution in [0, 0.1) is 11.8 Å². The summed E-state index contributed by atoms with van der Waals surface area (Å²) in [4.78, 5) is 23.2. The van der Waals surface area contributed by atoms with E-state index in [1.165, 1.54) is 0 Å². The predicted molar refractivity (Wildman–Crippen MR) is 53.6 cm³/mol. The lowest BCUT2D eigenvalue weighted by atomic mass is 9.95. The van der Waals surface area contributed by atoms with Crippen molar-refractivity contribution in [3.8, 4) is 0 Å². The SMILES string of the molecule is O=C(C(=O)C1C=CC=C1)C1C=CC=C1. The molecule has 0 aliphatic heterocycles. The van der Waals surface area contributed by atoms with Crippen LogP contribution < -0.4 is 0 Å². The zero-order chi connectivity index (χ0) is 9.97. The van der Waals surface area contributed by atoms with Crippen LogP contribution in [-0.2, 0) is 9.59 Å². The van der Waals surface area contributed by atoms with E-state index in [0.29, 0.717) is 0 Å². The molecule has 0 fully saturated rings. The topological polar surface area (TPSA) is 34.1 Å². The molecule has 0 heterocycles. The Labute approximate surface area is 82.3 Å². The molecular formula is C12H10O2. The largest absolute Gasteiger partial charge is 0.290 e. The number of hydrogen-bond acceptors (Lipinski definition) is 2. The van der Waals surface area contributed by atoms with Gasteiger partial charge in [-0.1, -0.05) is 48.6 Å². The number of carbonyl (C=O) groups is 2. The number of rotatable bonds is 3. The molecule has 2 rings (SSSR count). The first-order chi connectivity index (χ1) is 6.79. The fourth-order valence-corrected chi connectivity index (χ4v) is 1.54. The summed E-state index contributed by atoms with van der Waals surface area (Å²) in [6.45, 7) is 0.